The maximum Gasteiger partial charge on any atom is 0.324 e. The highest BCUT2D eigenvalue weighted by atomic mass is 32.2. The molecular formula is C12H20N2O3S2. The molecule has 0 amide bonds. The number of hydrogen-bond donors (Lipinski definition) is 2. The van der Waals surface area contributed by atoms with Gasteiger partial charge in [0, 0.05) is 17.4 Å². The number of carboxylic acids is 1. The van der Waals surface area contributed by atoms with Crippen LogP contribution in [0.1, 0.15) is 27.7 Å². The molecule has 0 unspecified atom stereocenters. The SMILES string of the molecule is CC(C)C1=N[C@@](C)(C(=O)SC[C@](C)(N)C(=O)O)CS1. The summed E-state index contributed by atoms with van der Waals surface area (Å²) >= 11 is 2.55. The lowest BCUT2D eigenvalue weighted by molar-refractivity contribution is -0.141. The number of aliphatic imine (C=N–C) groups is 1. The molecule has 0 aromatic carbocycles. The van der Waals surface area contributed by atoms with E-state index in [1.54, 1.807) is 18.7 Å². The first-order chi connectivity index (χ1) is 8.58. The summed E-state index contributed by atoms with van der Waals surface area (Å²) < 4.78 is 0. The van der Waals surface area contributed by atoms with Gasteiger partial charge in [0.25, 0.3) is 0 Å². The zero-order valence-corrected chi connectivity index (χ0v) is 13.2. The summed E-state index contributed by atoms with van der Waals surface area (Å²) in [7, 11) is 0. The third-order valence-corrected chi connectivity index (χ3v) is 5.79. The summed E-state index contributed by atoms with van der Waals surface area (Å²) in [4.78, 5) is 27.6. The molecule has 0 fully saturated rings. The van der Waals surface area contributed by atoms with Crippen molar-refractivity contribution in [1.29, 1.82) is 0 Å². The predicted molar refractivity (Wildman–Crippen MR) is 80.8 cm³/mol. The lowest BCUT2D eigenvalue weighted by atomic mass is 10.1. The quantitative estimate of drug-likeness (QED) is 0.801. The minimum atomic E-state index is -1.40. The Morgan fingerprint density at radius 1 is 1.63 bits per heavy atom. The van der Waals surface area contributed by atoms with E-state index in [4.69, 9.17) is 10.8 Å². The van der Waals surface area contributed by atoms with Gasteiger partial charge in [0.2, 0.25) is 5.12 Å². The van der Waals surface area contributed by atoms with Crippen LogP contribution in [0, 0.1) is 5.92 Å². The Labute approximate surface area is 121 Å². The molecule has 0 aromatic rings. The molecule has 1 aliphatic rings. The number of rotatable bonds is 5. The molecule has 3 N–H and O–H groups in total. The zero-order valence-electron chi connectivity index (χ0n) is 11.6. The Morgan fingerprint density at radius 3 is 2.63 bits per heavy atom. The summed E-state index contributed by atoms with van der Waals surface area (Å²) in [6, 6.07) is 0. The first-order valence-electron chi connectivity index (χ1n) is 6.00. The molecule has 108 valence electrons. The highest BCUT2D eigenvalue weighted by molar-refractivity contribution is 8.15. The Morgan fingerprint density at radius 2 is 2.21 bits per heavy atom. The fourth-order valence-corrected chi connectivity index (χ4v) is 3.65. The Kier molecular flexibility index (Phi) is 5.08. The third kappa shape index (κ3) is 3.97. The molecule has 0 radical (unpaired) electrons. The average Bonchev–Trinajstić information content (AvgIpc) is 2.70. The fraction of sp³-hybridized carbons (Fsp3) is 0.750. The minimum Gasteiger partial charge on any atom is -0.480 e. The van der Waals surface area contributed by atoms with Crippen LogP contribution in [-0.4, -0.2) is 43.8 Å². The van der Waals surface area contributed by atoms with Crippen molar-refractivity contribution in [3.05, 3.63) is 0 Å². The van der Waals surface area contributed by atoms with Crippen LogP contribution < -0.4 is 5.73 Å². The average molecular weight is 304 g/mol. The van der Waals surface area contributed by atoms with Gasteiger partial charge in [0.1, 0.15) is 11.1 Å². The van der Waals surface area contributed by atoms with Crippen molar-refractivity contribution in [2.75, 3.05) is 11.5 Å². The number of aliphatic carboxylic acids is 1. The monoisotopic (exact) mass is 304 g/mol. The maximum atomic E-state index is 12.2. The summed E-state index contributed by atoms with van der Waals surface area (Å²) in [5, 5.41) is 9.78. The van der Waals surface area contributed by atoms with Crippen molar-refractivity contribution in [3.8, 4) is 0 Å². The van der Waals surface area contributed by atoms with Gasteiger partial charge in [-0.2, -0.15) is 0 Å². The van der Waals surface area contributed by atoms with E-state index < -0.39 is 17.0 Å². The summed E-state index contributed by atoms with van der Waals surface area (Å²) in [6.45, 7) is 7.27. The van der Waals surface area contributed by atoms with E-state index in [1.165, 1.54) is 6.92 Å². The van der Waals surface area contributed by atoms with Crippen molar-refractivity contribution in [2.24, 2.45) is 16.6 Å². The number of nitrogens with two attached hydrogens (primary N) is 1. The number of nitrogens with zero attached hydrogens (tertiary/aromatic N) is 1. The van der Waals surface area contributed by atoms with Crippen molar-refractivity contribution in [1.82, 2.24) is 0 Å². The smallest absolute Gasteiger partial charge is 0.324 e. The summed E-state index contributed by atoms with van der Waals surface area (Å²) in [5.41, 5.74) is 3.46. The summed E-state index contributed by atoms with van der Waals surface area (Å²) in [5.74, 6) is -0.136. The van der Waals surface area contributed by atoms with Gasteiger partial charge in [-0.05, 0) is 13.8 Å². The van der Waals surface area contributed by atoms with Gasteiger partial charge in [-0.25, -0.2) is 0 Å². The van der Waals surface area contributed by atoms with Gasteiger partial charge in [0.15, 0.2) is 0 Å². The second kappa shape index (κ2) is 5.85. The number of hydrogen-bond acceptors (Lipinski definition) is 6. The third-order valence-electron chi connectivity index (χ3n) is 2.78. The van der Waals surface area contributed by atoms with Crippen LogP contribution in [0.4, 0.5) is 0 Å². The van der Waals surface area contributed by atoms with Gasteiger partial charge < -0.3 is 10.8 Å². The number of carboxylic acid groups (broad SMARTS) is 1. The zero-order chi connectivity index (χ0) is 14.8. The van der Waals surface area contributed by atoms with E-state index in [9.17, 15) is 9.59 Å². The van der Waals surface area contributed by atoms with Crippen molar-refractivity contribution in [2.45, 2.75) is 38.8 Å². The highest BCUT2D eigenvalue weighted by Gasteiger charge is 2.40. The first kappa shape index (κ1) is 16.5. The van der Waals surface area contributed by atoms with Crippen LogP contribution in [0.25, 0.3) is 0 Å². The Hall–Kier alpha value is -0.530. The molecule has 0 saturated heterocycles. The van der Waals surface area contributed by atoms with E-state index in [0.717, 1.165) is 16.8 Å². The molecule has 0 aliphatic carbocycles. The largest absolute Gasteiger partial charge is 0.480 e. The molecule has 1 rings (SSSR count). The van der Waals surface area contributed by atoms with Crippen LogP contribution in [0.15, 0.2) is 4.99 Å². The molecular weight excluding hydrogens is 284 g/mol. The maximum absolute atomic E-state index is 12.2. The van der Waals surface area contributed by atoms with Crippen LogP contribution in [0.2, 0.25) is 0 Å². The molecule has 0 spiro atoms. The van der Waals surface area contributed by atoms with Crippen molar-refractivity contribution < 1.29 is 14.7 Å². The molecule has 1 aliphatic heterocycles. The Bertz CT molecular complexity index is 421. The molecule has 0 saturated carbocycles. The molecule has 1 heterocycles. The van der Waals surface area contributed by atoms with Crippen molar-refractivity contribution >= 4 is 39.7 Å². The van der Waals surface area contributed by atoms with Gasteiger partial charge in [0.05, 0.1) is 5.04 Å². The molecule has 2 atom stereocenters. The molecule has 5 nitrogen and oxygen atoms in total. The molecule has 0 bridgehead atoms. The van der Waals surface area contributed by atoms with Crippen LogP contribution in [0.3, 0.4) is 0 Å². The normalized spacial score (nSPS) is 26.1. The first-order valence-corrected chi connectivity index (χ1v) is 7.98. The van der Waals surface area contributed by atoms with Gasteiger partial charge in [-0.1, -0.05) is 25.6 Å². The summed E-state index contributed by atoms with van der Waals surface area (Å²) in [6.07, 6.45) is 0. The number of carbonyl (C=O) groups excluding carboxylic acids is 1. The predicted octanol–water partition coefficient (Wildman–Crippen LogP) is 1.61. The second-order valence-corrected chi connectivity index (χ2v) is 7.41. The lowest BCUT2D eigenvalue weighted by Gasteiger charge is -2.21. The van der Waals surface area contributed by atoms with Crippen LogP contribution in [0.5, 0.6) is 0 Å². The van der Waals surface area contributed by atoms with E-state index in [2.05, 4.69) is 4.99 Å². The van der Waals surface area contributed by atoms with Crippen LogP contribution >= 0.6 is 23.5 Å². The van der Waals surface area contributed by atoms with E-state index in [1.807, 2.05) is 13.8 Å². The van der Waals surface area contributed by atoms with E-state index >= 15 is 0 Å². The fourth-order valence-electron chi connectivity index (χ4n) is 1.36. The van der Waals surface area contributed by atoms with Gasteiger partial charge in [-0.15, -0.1) is 11.8 Å². The second-order valence-electron chi connectivity index (χ2n) is 5.47. The van der Waals surface area contributed by atoms with E-state index in [-0.39, 0.29) is 10.9 Å². The Balaban J connectivity index is 2.67. The molecule has 7 heteroatoms. The van der Waals surface area contributed by atoms with Gasteiger partial charge >= 0.3 is 5.97 Å². The van der Waals surface area contributed by atoms with Gasteiger partial charge in [-0.3, -0.25) is 14.6 Å². The van der Waals surface area contributed by atoms with Crippen LogP contribution in [-0.2, 0) is 9.59 Å². The molecule has 0 aromatic heterocycles. The highest BCUT2D eigenvalue weighted by Crippen LogP contribution is 2.34. The van der Waals surface area contributed by atoms with Crippen molar-refractivity contribution in [3.63, 3.8) is 0 Å². The minimum absolute atomic E-state index is 0.0496. The standard InChI is InChI=1S/C12H20N2O3S2/c1-7(2)8-14-12(4,6-18-8)10(17)19-5-11(3,13)9(15)16/h7H,5-6,13H2,1-4H3,(H,15,16)/t11-,12+/m0/s1. The molecule has 19 heavy (non-hydrogen) atoms. The lowest BCUT2D eigenvalue weighted by Crippen LogP contribution is -2.48. The topological polar surface area (TPSA) is 92.8 Å². The van der Waals surface area contributed by atoms with E-state index in [0.29, 0.717) is 11.7 Å². The number of carbonyl (C=O) groups is 2. The number of thioether (sulfide) groups is 2.